The Labute approximate surface area is 168 Å². The van der Waals surface area contributed by atoms with E-state index in [0.29, 0.717) is 42.9 Å². The summed E-state index contributed by atoms with van der Waals surface area (Å²) >= 11 is 1.37. The molecular weight excluding hydrogens is 380 g/mol. The van der Waals surface area contributed by atoms with Crippen LogP contribution < -0.4 is 22.1 Å². The summed E-state index contributed by atoms with van der Waals surface area (Å²) in [7, 11) is 0. The van der Waals surface area contributed by atoms with Gasteiger partial charge in [0.2, 0.25) is 5.91 Å². The van der Waals surface area contributed by atoms with E-state index in [-0.39, 0.29) is 17.9 Å². The molecule has 1 aromatic heterocycles. The number of thiophene rings is 1. The molecule has 0 saturated heterocycles. The summed E-state index contributed by atoms with van der Waals surface area (Å²) in [5.41, 5.74) is 12.3. The fourth-order valence-electron chi connectivity index (χ4n) is 3.39. The van der Waals surface area contributed by atoms with E-state index in [2.05, 4.69) is 10.6 Å². The second kappa shape index (κ2) is 9.38. The lowest BCUT2D eigenvalue weighted by Crippen LogP contribution is -2.32. The third-order valence-corrected chi connectivity index (χ3v) is 6.25. The van der Waals surface area contributed by atoms with Crippen LogP contribution in [0.4, 0.5) is 9.80 Å². The molecule has 1 aromatic rings. The van der Waals surface area contributed by atoms with Gasteiger partial charge in [-0.15, -0.1) is 11.3 Å². The zero-order chi connectivity index (χ0) is 20.1. The Hall–Kier alpha value is -2.13. The van der Waals surface area contributed by atoms with E-state index < -0.39 is 12.0 Å². The van der Waals surface area contributed by atoms with Crippen LogP contribution in [0.25, 0.3) is 0 Å². The molecule has 2 aliphatic rings. The fraction of sp³-hybridized carbons (Fsp3) is 0.632. The minimum Gasteiger partial charge on any atom is -0.446 e. The number of alkyl carbamates (subject to hydrolysis) is 1. The largest absolute Gasteiger partial charge is 0.446 e. The van der Waals surface area contributed by atoms with Crippen molar-refractivity contribution in [1.82, 2.24) is 5.32 Å². The topological polar surface area (TPSA) is 137 Å². The zero-order valence-corrected chi connectivity index (χ0v) is 16.7. The van der Waals surface area contributed by atoms with Crippen molar-refractivity contribution in [3.05, 3.63) is 16.0 Å². The molecule has 0 aliphatic heterocycles. The molecule has 2 aliphatic carbocycles. The Morgan fingerprint density at radius 3 is 2.61 bits per heavy atom. The molecule has 28 heavy (non-hydrogen) atoms. The van der Waals surface area contributed by atoms with Gasteiger partial charge < -0.3 is 26.8 Å². The Morgan fingerprint density at radius 1 is 1.14 bits per heavy atom. The molecule has 0 bridgehead atoms. The van der Waals surface area contributed by atoms with Gasteiger partial charge in [0.15, 0.2) is 0 Å². The van der Waals surface area contributed by atoms with Gasteiger partial charge in [-0.2, -0.15) is 0 Å². The van der Waals surface area contributed by atoms with Gasteiger partial charge in [-0.1, -0.05) is 6.42 Å². The summed E-state index contributed by atoms with van der Waals surface area (Å²) in [6, 6.07) is 0. The number of primary amides is 1. The number of ether oxygens (including phenoxy) is 1. The molecular formula is C19H28N4O4S. The van der Waals surface area contributed by atoms with Gasteiger partial charge in [0.05, 0.1) is 5.56 Å². The fourth-order valence-corrected chi connectivity index (χ4v) is 4.71. The average Bonchev–Trinajstić information content (AvgIpc) is 3.43. The highest BCUT2D eigenvalue weighted by Gasteiger charge is 2.33. The van der Waals surface area contributed by atoms with Crippen LogP contribution in [0.3, 0.4) is 0 Å². The third-order valence-electron chi connectivity index (χ3n) is 5.08. The van der Waals surface area contributed by atoms with Crippen LogP contribution in [0.2, 0.25) is 0 Å². The Balaban J connectivity index is 1.57. The van der Waals surface area contributed by atoms with Crippen LogP contribution >= 0.6 is 11.3 Å². The first-order chi connectivity index (χ1) is 13.5. The number of nitrogens with one attached hydrogen (secondary N) is 2. The van der Waals surface area contributed by atoms with E-state index in [1.54, 1.807) is 0 Å². The molecule has 0 aromatic carbocycles. The van der Waals surface area contributed by atoms with E-state index in [4.69, 9.17) is 16.2 Å². The minimum atomic E-state index is -0.529. The van der Waals surface area contributed by atoms with Gasteiger partial charge in [0.1, 0.15) is 11.1 Å². The number of rotatable bonds is 9. The smallest absolute Gasteiger partial charge is 0.407 e. The highest BCUT2D eigenvalue weighted by molar-refractivity contribution is 7.17. The number of hydrogen-bond acceptors (Lipinski definition) is 6. The number of fused-ring (bicyclic) bond motifs is 1. The van der Waals surface area contributed by atoms with Crippen molar-refractivity contribution in [3.63, 3.8) is 0 Å². The van der Waals surface area contributed by atoms with E-state index in [1.807, 2.05) is 0 Å². The van der Waals surface area contributed by atoms with Crippen molar-refractivity contribution >= 4 is 34.2 Å². The maximum atomic E-state index is 12.1. The summed E-state index contributed by atoms with van der Waals surface area (Å²) in [6.07, 6.45) is 5.65. The maximum Gasteiger partial charge on any atom is 0.407 e. The summed E-state index contributed by atoms with van der Waals surface area (Å²) in [4.78, 5) is 37.0. The van der Waals surface area contributed by atoms with Crippen LogP contribution in [0, 0.1) is 5.92 Å². The molecule has 0 spiro atoms. The summed E-state index contributed by atoms with van der Waals surface area (Å²) in [6.45, 7) is 1.23. The zero-order valence-electron chi connectivity index (χ0n) is 15.9. The normalized spacial score (nSPS) is 18.2. The molecule has 1 heterocycles. The molecule has 0 radical (unpaired) electrons. The van der Waals surface area contributed by atoms with E-state index in [0.717, 1.165) is 42.5 Å². The molecule has 8 nitrogen and oxygen atoms in total. The van der Waals surface area contributed by atoms with Crippen molar-refractivity contribution in [2.24, 2.45) is 17.4 Å². The van der Waals surface area contributed by atoms with Gasteiger partial charge in [-0.25, -0.2) is 4.79 Å². The molecule has 1 fully saturated rings. The van der Waals surface area contributed by atoms with E-state index in [9.17, 15) is 14.4 Å². The lowest BCUT2D eigenvalue weighted by atomic mass is 9.93. The van der Waals surface area contributed by atoms with Gasteiger partial charge >= 0.3 is 6.09 Å². The maximum absolute atomic E-state index is 12.1. The molecule has 6 N–H and O–H groups in total. The highest BCUT2D eigenvalue weighted by atomic mass is 32.1. The van der Waals surface area contributed by atoms with Crippen molar-refractivity contribution in [1.29, 1.82) is 0 Å². The summed E-state index contributed by atoms with van der Waals surface area (Å²) in [5.74, 6) is -0.536. The van der Waals surface area contributed by atoms with Crippen molar-refractivity contribution in [2.45, 2.75) is 57.5 Å². The lowest BCUT2D eigenvalue weighted by Gasteiger charge is -2.22. The monoisotopic (exact) mass is 408 g/mol. The molecule has 1 unspecified atom stereocenters. The van der Waals surface area contributed by atoms with Crippen LogP contribution in [-0.2, 0) is 22.4 Å². The Morgan fingerprint density at radius 2 is 1.93 bits per heavy atom. The van der Waals surface area contributed by atoms with Gasteiger partial charge in [-0.3, -0.25) is 9.59 Å². The van der Waals surface area contributed by atoms with E-state index >= 15 is 0 Å². The molecule has 3 rings (SSSR count). The van der Waals surface area contributed by atoms with Gasteiger partial charge in [0, 0.05) is 23.8 Å². The average molecular weight is 409 g/mol. The minimum absolute atomic E-state index is 0.0458. The number of amides is 3. The predicted molar refractivity (Wildman–Crippen MR) is 107 cm³/mol. The molecule has 1 atom stereocenters. The standard InChI is InChI=1S/C19H28N4O4S/c20-8-2-1-3-9-22-19(26)27-12-6-7-13-14(10-12)28-18(15(13)16(21)24)23-17(25)11-4-5-11/h11-12H,1-10,20H2,(H2,21,24)(H,22,26)(H,23,25). The first-order valence-corrected chi connectivity index (χ1v) is 10.7. The number of nitrogens with two attached hydrogens (primary N) is 2. The second-order valence-corrected chi connectivity index (χ2v) is 8.49. The van der Waals surface area contributed by atoms with Crippen LogP contribution in [0.1, 0.15) is 59.3 Å². The SMILES string of the molecule is NCCCCCNC(=O)OC1CCc2c(sc(NC(=O)C3CC3)c2C(N)=O)C1. The van der Waals surface area contributed by atoms with Crippen molar-refractivity contribution in [2.75, 3.05) is 18.4 Å². The number of unbranched alkanes of at least 4 members (excludes halogenated alkanes) is 2. The van der Waals surface area contributed by atoms with Crippen LogP contribution in [-0.4, -0.2) is 37.1 Å². The third kappa shape index (κ3) is 5.23. The lowest BCUT2D eigenvalue weighted by molar-refractivity contribution is -0.117. The second-order valence-electron chi connectivity index (χ2n) is 7.38. The number of carbonyl (C=O) groups is 3. The summed E-state index contributed by atoms with van der Waals surface area (Å²) in [5, 5.41) is 6.15. The van der Waals surface area contributed by atoms with Crippen LogP contribution in [0.15, 0.2) is 0 Å². The molecule has 154 valence electrons. The number of carbonyl (C=O) groups excluding carboxylic acids is 3. The van der Waals surface area contributed by atoms with Gasteiger partial charge in [-0.05, 0) is 50.6 Å². The predicted octanol–water partition coefficient (Wildman–Crippen LogP) is 1.91. The summed E-state index contributed by atoms with van der Waals surface area (Å²) < 4.78 is 5.52. The van der Waals surface area contributed by atoms with E-state index in [1.165, 1.54) is 11.3 Å². The number of anilines is 1. The first kappa shape index (κ1) is 20.6. The van der Waals surface area contributed by atoms with Crippen LogP contribution in [0.5, 0.6) is 0 Å². The quantitative estimate of drug-likeness (QED) is 0.463. The molecule has 9 heteroatoms. The number of hydrogen-bond donors (Lipinski definition) is 4. The Kier molecular flexibility index (Phi) is 6.90. The molecule has 3 amide bonds. The molecule has 1 saturated carbocycles. The van der Waals surface area contributed by atoms with Crippen molar-refractivity contribution < 1.29 is 19.1 Å². The highest BCUT2D eigenvalue weighted by Crippen LogP contribution is 2.40. The Bertz CT molecular complexity index is 745. The first-order valence-electron chi connectivity index (χ1n) is 9.89. The van der Waals surface area contributed by atoms with Crippen molar-refractivity contribution in [3.8, 4) is 0 Å². The van der Waals surface area contributed by atoms with Gasteiger partial charge in [0.25, 0.3) is 5.91 Å².